The van der Waals surface area contributed by atoms with Crippen LogP contribution in [0.4, 0.5) is 0 Å². The largest absolute Gasteiger partial charge is 0.508 e. The molecule has 0 amide bonds. The van der Waals surface area contributed by atoms with Gasteiger partial charge in [0.15, 0.2) is 0 Å². The van der Waals surface area contributed by atoms with E-state index in [1.807, 2.05) is 30.3 Å². The first-order chi connectivity index (χ1) is 9.13. The minimum absolute atomic E-state index is 0.00364. The molecule has 1 unspecified atom stereocenters. The van der Waals surface area contributed by atoms with Crippen molar-refractivity contribution < 1.29 is 15.3 Å². The van der Waals surface area contributed by atoms with E-state index < -0.39 is 6.10 Å². The quantitative estimate of drug-likeness (QED) is 0.790. The van der Waals surface area contributed by atoms with Gasteiger partial charge >= 0.3 is 0 Å². The number of aliphatic hydroxyl groups excluding tert-OH is 2. The summed E-state index contributed by atoms with van der Waals surface area (Å²) >= 11 is 0. The maximum atomic E-state index is 9.88. The highest BCUT2D eigenvalue weighted by atomic mass is 16.3. The third-order valence-corrected chi connectivity index (χ3v) is 3.22. The van der Waals surface area contributed by atoms with Crippen LogP contribution in [0.25, 0.3) is 11.1 Å². The minimum Gasteiger partial charge on any atom is -0.508 e. The molecule has 0 aliphatic heterocycles. The first kappa shape index (κ1) is 13.6. The van der Waals surface area contributed by atoms with Crippen LogP contribution in [0.1, 0.15) is 24.2 Å². The van der Waals surface area contributed by atoms with Crippen molar-refractivity contribution in [3.8, 4) is 16.9 Å². The Bertz CT molecular complexity index is 544. The maximum absolute atomic E-state index is 9.88. The third-order valence-electron chi connectivity index (χ3n) is 3.22. The van der Waals surface area contributed by atoms with Crippen molar-refractivity contribution in [2.24, 2.45) is 0 Å². The molecule has 3 N–H and O–H groups in total. The molecule has 3 heteroatoms. The van der Waals surface area contributed by atoms with E-state index in [2.05, 4.69) is 0 Å². The standard InChI is InChI=1S/C16H18O3/c1-11(18)12-5-7-13(8-6-12)14-3-2-4-16(19)15(14)9-10-17/h2-8,11,17-19H,9-10H2,1H3. The van der Waals surface area contributed by atoms with Gasteiger partial charge in [0.25, 0.3) is 0 Å². The smallest absolute Gasteiger partial charge is 0.119 e. The summed E-state index contributed by atoms with van der Waals surface area (Å²) in [6.45, 7) is 1.72. The topological polar surface area (TPSA) is 60.7 Å². The van der Waals surface area contributed by atoms with E-state index in [0.29, 0.717) is 6.42 Å². The lowest BCUT2D eigenvalue weighted by atomic mass is 9.95. The Morgan fingerprint density at radius 2 is 1.74 bits per heavy atom. The van der Waals surface area contributed by atoms with Crippen LogP contribution < -0.4 is 0 Å². The predicted molar refractivity (Wildman–Crippen MR) is 75.0 cm³/mol. The highest BCUT2D eigenvalue weighted by Crippen LogP contribution is 2.31. The molecule has 0 saturated heterocycles. The number of hydrogen-bond acceptors (Lipinski definition) is 3. The van der Waals surface area contributed by atoms with Crippen LogP contribution in [-0.4, -0.2) is 21.9 Å². The first-order valence-electron chi connectivity index (χ1n) is 6.33. The van der Waals surface area contributed by atoms with E-state index in [0.717, 1.165) is 22.3 Å². The summed E-state index contributed by atoms with van der Waals surface area (Å²) in [6, 6.07) is 12.9. The number of aliphatic hydroxyl groups is 2. The molecule has 100 valence electrons. The number of aromatic hydroxyl groups is 1. The van der Waals surface area contributed by atoms with Gasteiger partial charge in [-0.05, 0) is 36.1 Å². The van der Waals surface area contributed by atoms with Gasteiger partial charge in [0.2, 0.25) is 0 Å². The molecule has 0 aliphatic rings. The summed E-state index contributed by atoms with van der Waals surface area (Å²) in [5.41, 5.74) is 3.47. The van der Waals surface area contributed by atoms with E-state index in [1.54, 1.807) is 19.1 Å². The number of rotatable bonds is 4. The fraction of sp³-hybridized carbons (Fsp3) is 0.250. The molecule has 19 heavy (non-hydrogen) atoms. The molecular weight excluding hydrogens is 240 g/mol. The Labute approximate surface area is 112 Å². The van der Waals surface area contributed by atoms with E-state index in [1.165, 1.54) is 0 Å². The second kappa shape index (κ2) is 5.87. The first-order valence-corrected chi connectivity index (χ1v) is 6.33. The van der Waals surface area contributed by atoms with Crippen molar-refractivity contribution in [3.63, 3.8) is 0 Å². The van der Waals surface area contributed by atoms with Gasteiger partial charge in [-0.1, -0.05) is 36.4 Å². The van der Waals surface area contributed by atoms with Crippen molar-refractivity contribution >= 4 is 0 Å². The Morgan fingerprint density at radius 3 is 2.32 bits per heavy atom. The average Bonchev–Trinajstić information content (AvgIpc) is 2.41. The zero-order valence-electron chi connectivity index (χ0n) is 10.9. The Hall–Kier alpha value is -1.84. The fourth-order valence-corrected chi connectivity index (χ4v) is 2.16. The maximum Gasteiger partial charge on any atom is 0.119 e. The van der Waals surface area contributed by atoms with E-state index in [4.69, 9.17) is 5.11 Å². The highest BCUT2D eigenvalue weighted by Gasteiger charge is 2.09. The van der Waals surface area contributed by atoms with Gasteiger partial charge in [-0.2, -0.15) is 0 Å². The molecule has 2 aromatic rings. The molecule has 0 aromatic heterocycles. The summed E-state index contributed by atoms with van der Waals surface area (Å²) in [6.07, 6.45) is -0.0738. The SMILES string of the molecule is CC(O)c1ccc(-c2cccc(O)c2CCO)cc1. The molecule has 0 spiro atoms. The van der Waals surface area contributed by atoms with Crippen molar-refractivity contribution in [1.82, 2.24) is 0 Å². The van der Waals surface area contributed by atoms with E-state index in [-0.39, 0.29) is 12.4 Å². The normalized spacial score (nSPS) is 12.4. The Balaban J connectivity index is 2.43. The van der Waals surface area contributed by atoms with Crippen LogP contribution in [0.5, 0.6) is 5.75 Å². The molecular formula is C16H18O3. The van der Waals surface area contributed by atoms with Crippen molar-refractivity contribution in [2.45, 2.75) is 19.4 Å². The fourth-order valence-electron chi connectivity index (χ4n) is 2.16. The molecule has 1 atom stereocenters. The number of phenols is 1. The van der Waals surface area contributed by atoms with Crippen molar-refractivity contribution in [3.05, 3.63) is 53.6 Å². The number of hydrogen-bond donors (Lipinski definition) is 3. The molecule has 0 heterocycles. The van der Waals surface area contributed by atoms with Gasteiger partial charge in [-0.15, -0.1) is 0 Å². The lowest BCUT2D eigenvalue weighted by molar-refractivity contribution is 0.199. The van der Waals surface area contributed by atoms with Gasteiger partial charge in [-0.3, -0.25) is 0 Å². The molecule has 0 bridgehead atoms. The van der Waals surface area contributed by atoms with Gasteiger partial charge in [0.1, 0.15) is 5.75 Å². The molecule has 2 rings (SSSR count). The predicted octanol–water partition coefficient (Wildman–Crippen LogP) is 2.65. The summed E-state index contributed by atoms with van der Waals surface area (Å²) < 4.78 is 0. The van der Waals surface area contributed by atoms with Crippen LogP contribution in [0.15, 0.2) is 42.5 Å². The van der Waals surface area contributed by atoms with Gasteiger partial charge in [0.05, 0.1) is 6.10 Å². The van der Waals surface area contributed by atoms with Crippen LogP contribution in [0, 0.1) is 0 Å². The van der Waals surface area contributed by atoms with Gasteiger partial charge in [-0.25, -0.2) is 0 Å². The summed E-state index contributed by atoms with van der Waals surface area (Å²) in [5.74, 6) is 0.200. The summed E-state index contributed by atoms with van der Waals surface area (Å²) in [4.78, 5) is 0. The lowest BCUT2D eigenvalue weighted by Crippen LogP contribution is -1.96. The second-order valence-corrected chi connectivity index (χ2v) is 4.57. The Morgan fingerprint density at radius 1 is 1.05 bits per heavy atom. The summed E-state index contributed by atoms with van der Waals surface area (Å²) in [7, 11) is 0. The number of benzene rings is 2. The molecule has 3 nitrogen and oxygen atoms in total. The molecule has 0 aliphatic carbocycles. The molecule has 2 aromatic carbocycles. The number of phenolic OH excluding ortho intramolecular Hbond substituents is 1. The van der Waals surface area contributed by atoms with E-state index in [9.17, 15) is 10.2 Å². The van der Waals surface area contributed by atoms with Crippen molar-refractivity contribution in [1.29, 1.82) is 0 Å². The zero-order chi connectivity index (χ0) is 13.8. The Kier molecular flexibility index (Phi) is 4.20. The second-order valence-electron chi connectivity index (χ2n) is 4.57. The van der Waals surface area contributed by atoms with Gasteiger partial charge in [0, 0.05) is 12.2 Å². The summed E-state index contributed by atoms with van der Waals surface area (Å²) in [5, 5.41) is 28.5. The third kappa shape index (κ3) is 2.95. The monoisotopic (exact) mass is 258 g/mol. The van der Waals surface area contributed by atoms with Crippen LogP contribution in [-0.2, 0) is 6.42 Å². The van der Waals surface area contributed by atoms with Crippen molar-refractivity contribution in [2.75, 3.05) is 6.61 Å². The minimum atomic E-state index is -0.491. The lowest BCUT2D eigenvalue weighted by Gasteiger charge is -2.12. The zero-order valence-corrected chi connectivity index (χ0v) is 10.9. The van der Waals surface area contributed by atoms with Crippen LogP contribution in [0.2, 0.25) is 0 Å². The van der Waals surface area contributed by atoms with Crippen LogP contribution in [0.3, 0.4) is 0 Å². The average molecular weight is 258 g/mol. The highest BCUT2D eigenvalue weighted by molar-refractivity contribution is 5.70. The van der Waals surface area contributed by atoms with Crippen LogP contribution >= 0.6 is 0 Å². The molecule has 0 fully saturated rings. The van der Waals surface area contributed by atoms with E-state index >= 15 is 0 Å². The molecule has 0 radical (unpaired) electrons. The van der Waals surface area contributed by atoms with Gasteiger partial charge < -0.3 is 15.3 Å². The molecule has 0 saturated carbocycles.